The molecular formula is C7H11BO. The predicted octanol–water partition coefficient (Wildman–Crippen LogP) is 1.59. The lowest BCUT2D eigenvalue weighted by Gasteiger charge is -2.04. The van der Waals surface area contributed by atoms with Gasteiger partial charge in [-0.05, 0) is 18.9 Å². The van der Waals surface area contributed by atoms with Crippen LogP contribution in [0.15, 0.2) is 11.3 Å². The molecule has 0 fully saturated rings. The maximum atomic E-state index is 5.53. The lowest BCUT2D eigenvalue weighted by Crippen LogP contribution is -2.03. The fourth-order valence-electron chi connectivity index (χ4n) is 1.13. The molecule has 0 aliphatic carbocycles. The van der Waals surface area contributed by atoms with Crippen LogP contribution in [0.3, 0.4) is 0 Å². The summed E-state index contributed by atoms with van der Waals surface area (Å²) >= 11 is 0. The molecule has 1 aliphatic heterocycles. The van der Waals surface area contributed by atoms with Crippen LogP contribution in [0.5, 0.6) is 0 Å². The average Bonchev–Trinajstić information content (AvgIpc) is 2.10. The first kappa shape index (κ1) is 6.72. The van der Waals surface area contributed by atoms with E-state index in [2.05, 4.69) is 13.8 Å². The van der Waals surface area contributed by atoms with E-state index in [1.165, 1.54) is 5.57 Å². The predicted molar refractivity (Wildman–Crippen MR) is 38.2 cm³/mol. The van der Waals surface area contributed by atoms with Gasteiger partial charge in [-0.3, -0.25) is 0 Å². The summed E-state index contributed by atoms with van der Waals surface area (Å²) in [6, 6.07) is -0.0695. The third kappa shape index (κ3) is 1.29. The Morgan fingerprint density at radius 1 is 1.78 bits per heavy atom. The molecule has 0 bridgehead atoms. The molecule has 0 aromatic rings. The van der Waals surface area contributed by atoms with E-state index in [0.717, 1.165) is 18.6 Å². The highest BCUT2D eigenvalue weighted by molar-refractivity contribution is 6.11. The summed E-state index contributed by atoms with van der Waals surface area (Å²) in [6.45, 7) is 4.16. The molecule has 0 aromatic carbocycles. The quantitative estimate of drug-likeness (QED) is 0.479. The standard InChI is InChI=1S/C7H11BO/c1-3-6-5(2)4-7(8)9-6/h7H,3-4H2,1-2H3/t7-/m1/s1. The summed E-state index contributed by atoms with van der Waals surface area (Å²) in [4.78, 5) is 0. The number of rotatable bonds is 1. The van der Waals surface area contributed by atoms with Crippen LogP contribution in [0.4, 0.5) is 0 Å². The molecule has 9 heavy (non-hydrogen) atoms. The Hall–Kier alpha value is -0.395. The molecule has 0 N–H and O–H groups in total. The highest BCUT2D eigenvalue weighted by Gasteiger charge is 2.16. The lowest BCUT2D eigenvalue weighted by molar-refractivity contribution is 0.203. The van der Waals surface area contributed by atoms with Crippen molar-refractivity contribution in [2.75, 3.05) is 0 Å². The molecule has 1 aliphatic rings. The minimum atomic E-state index is -0.0695. The second-order valence-corrected chi connectivity index (χ2v) is 2.42. The number of allylic oxidation sites excluding steroid dienone is 1. The molecule has 0 unspecified atom stereocenters. The summed E-state index contributed by atoms with van der Waals surface area (Å²) in [6.07, 6.45) is 1.88. The molecule has 2 radical (unpaired) electrons. The van der Waals surface area contributed by atoms with Crippen LogP contribution in [-0.4, -0.2) is 13.8 Å². The van der Waals surface area contributed by atoms with Crippen molar-refractivity contribution in [3.63, 3.8) is 0 Å². The van der Waals surface area contributed by atoms with Crippen LogP contribution in [0.2, 0.25) is 0 Å². The van der Waals surface area contributed by atoms with Crippen LogP contribution in [-0.2, 0) is 4.74 Å². The van der Waals surface area contributed by atoms with Crippen LogP contribution in [0.25, 0.3) is 0 Å². The van der Waals surface area contributed by atoms with Crippen LogP contribution >= 0.6 is 0 Å². The monoisotopic (exact) mass is 122 g/mol. The first-order valence-electron chi connectivity index (χ1n) is 3.35. The molecule has 1 nitrogen and oxygen atoms in total. The summed E-state index contributed by atoms with van der Waals surface area (Å²) in [5.41, 5.74) is 1.31. The Labute approximate surface area is 57.5 Å². The van der Waals surface area contributed by atoms with Crippen molar-refractivity contribution in [1.82, 2.24) is 0 Å². The fraction of sp³-hybridized carbons (Fsp3) is 0.714. The molecule has 1 atom stereocenters. The van der Waals surface area contributed by atoms with Gasteiger partial charge in [-0.1, -0.05) is 6.92 Å². The smallest absolute Gasteiger partial charge is 0.127 e. The zero-order valence-corrected chi connectivity index (χ0v) is 5.98. The highest BCUT2D eigenvalue weighted by atomic mass is 16.5. The molecular weight excluding hydrogens is 111 g/mol. The third-order valence-electron chi connectivity index (χ3n) is 1.60. The van der Waals surface area contributed by atoms with Gasteiger partial charge in [0, 0.05) is 6.42 Å². The molecule has 0 amide bonds. The Morgan fingerprint density at radius 3 is 2.67 bits per heavy atom. The minimum Gasteiger partial charge on any atom is -0.505 e. The van der Waals surface area contributed by atoms with Gasteiger partial charge in [-0.2, -0.15) is 0 Å². The van der Waals surface area contributed by atoms with Gasteiger partial charge >= 0.3 is 0 Å². The summed E-state index contributed by atoms with van der Waals surface area (Å²) in [7, 11) is 5.53. The first-order valence-corrected chi connectivity index (χ1v) is 3.35. The largest absolute Gasteiger partial charge is 0.505 e. The van der Waals surface area contributed by atoms with Crippen molar-refractivity contribution in [2.45, 2.75) is 32.7 Å². The normalized spacial score (nSPS) is 26.7. The van der Waals surface area contributed by atoms with Gasteiger partial charge in [0.25, 0.3) is 0 Å². The van der Waals surface area contributed by atoms with Crippen LogP contribution in [0, 0.1) is 0 Å². The van der Waals surface area contributed by atoms with Crippen molar-refractivity contribution in [3.05, 3.63) is 11.3 Å². The van der Waals surface area contributed by atoms with Gasteiger partial charge in [-0.25, -0.2) is 0 Å². The van der Waals surface area contributed by atoms with E-state index in [1.807, 2.05) is 0 Å². The third-order valence-corrected chi connectivity index (χ3v) is 1.60. The van der Waals surface area contributed by atoms with Crippen molar-refractivity contribution >= 4 is 7.85 Å². The van der Waals surface area contributed by atoms with E-state index in [4.69, 9.17) is 12.6 Å². The molecule has 48 valence electrons. The van der Waals surface area contributed by atoms with E-state index in [9.17, 15) is 0 Å². The number of hydrogen-bond donors (Lipinski definition) is 0. The Bertz CT molecular complexity index is 140. The first-order chi connectivity index (χ1) is 4.24. The molecule has 1 heterocycles. The SMILES string of the molecule is [B][C@H]1CC(C)=C(CC)O1. The molecule has 2 heteroatoms. The van der Waals surface area contributed by atoms with E-state index in [-0.39, 0.29) is 6.00 Å². The molecule has 0 saturated heterocycles. The molecule has 0 saturated carbocycles. The topological polar surface area (TPSA) is 9.23 Å². The second kappa shape index (κ2) is 2.46. The summed E-state index contributed by atoms with van der Waals surface area (Å²) < 4.78 is 5.28. The summed E-state index contributed by atoms with van der Waals surface area (Å²) in [5, 5.41) is 0. The zero-order valence-electron chi connectivity index (χ0n) is 5.98. The second-order valence-electron chi connectivity index (χ2n) is 2.42. The van der Waals surface area contributed by atoms with Crippen molar-refractivity contribution < 1.29 is 4.74 Å². The van der Waals surface area contributed by atoms with Gasteiger partial charge in [0.05, 0.1) is 11.8 Å². The Balaban J connectivity index is 2.58. The molecule has 0 spiro atoms. The van der Waals surface area contributed by atoms with Gasteiger partial charge in [-0.15, -0.1) is 0 Å². The maximum Gasteiger partial charge on any atom is 0.127 e. The average molecular weight is 122 g/mol. The fourth-order valence-corrected chi connectivity index (χ4v) is 1.13. The molecule has 0 aromatic heterocycles. The zero-order chi connectivity index (χ0) is 6.85. The van der Waals surface area contributed by atoms with E-state index < -0.39 is 0 Å². The van der Waals surface area contributed by atoms with Crippen molar-refractivity contribution in [3.8, 4) is 0 Å². The van der Waals surface area contributed by atoms with E-state index >= 15 is 0 Å². The van der Waals surface area contributed by atoms with E-state index in [0.29, 0.717) is 0 Å². The van der Waals surface area contributed by atoms with Crippen LogP contribution < -0.4 is 0 Å². The van der Waals surface area contributed by atoms with Crippen LogP contribution in [0.1, 0.15) is 26.7 Å². The number of ether oxygens (including phenoxy) is 1. The van der Waals surface area contributed by atoms with E-state index in [1.54, 1.807) is 0 Å². The minimum absolute atomic E-state index is 0.0695. The van der Waals surface area contributed by atoms with Crippen molar-refractivity contribution in [2.24, 2.45) is 0 Å². The Morgan fingerprint density at radius 2 is 2.44 bits per heavy atom. The van der Waals surface area contributed by atoms with Gasteiger partial charge in [0.15, 0.2) is 0 Å². The number of hydrogen-bond acceptors (Lipinski definition) is 1. The Kier molecular flexibility index (Phi) is 1.84. The summed E-state index contributed by atoms with van der Waals surface area (Å²) in [5.74, 6) is 1.09. The highest BCUT2D eigenvalue weighted by Crippen LogP contribution is 2.24. The van der Waals surface area contributed by atoms with Crippen molar-refractivity contribution in [1.29, 1.82) is 0 Å². The van der Waals surface area contributed by atoms with Gasteiger partial charge in [0.1, 0.15) is 7.85 Å². The molecule has 1 rings (SSSR count). The maximum absolute atomic E-state index is 5.53. The lowest BCUT2D eigenvalue weighted by atomic mass is 9.95. The van der Waals surface area contributed by atoms with Gasteiger partial charge < -0.3 is 4.74 Å². The van der Waals surface area contributed by atoms with Gasteiger partial charge in [0.2, 0.25) is 0 Å².